The number of nitrogens with one attached hydrogen (secondary N) is 1. The molecule has 0 aromatic heterocycles. The Balaban J connectivity index is 1.53. The molecule has 1 heterocycles. The number of benzene rings is 2. The predicted octanol–water partition coefficient (Wildman–Crippen LogP) is 2.91. The third kappa shape index (κ3) is 5.23. The molecule has 164 valence electrons. The number of amides is 2. The van der Waals surface area contributed by atoms with Gasteiger partial charge in [0, 0.05) is 25.2 Å². The van der Waals surface area contributed by atoms with E-state index in [2.05, 4.69) is 5.32 Å². The highest BCUT2D eigenvalue weighted by Crippen LogP contribution is 2.30. The van der Waals surface area contributed by atoms with Crippen LogP contribution in [0, 0.1) is 19.8 Å². The van der Waals surface area contributed by atoms with Crippen molar-refractivity contribution >= 4 is 23.5 Å². The summed E-state index contributed by atoms with van der Waals surface area (Å²) in [5.41, 5.74) is 3.80. The fourth-order valence-corrected chi connectivity index (χ4v) is 3.53. The molecule has 1 fully saturated rings. The normalized spacial score (nSPS) is 16.7. The number of rotatable bonds is 7. The van der Waals surface area contributed by atoms with Gasteiger partial charge in [-0.1, -0.05) is 24.3 Å². The van der Waals surface area contributed by atoms with E-state index in [0.29, 0.717) is 6.54 Å². The lowest BCUT2D eigenvalue weighted by Gasteiger charge is -2.20. The molecule has 7 heteroatoms. The number of carbonyl (C=O) groups is 3. The highest BCUT2D eigenvalue weighted by atomic mass is 16.5. The third-order valence-electron chi connectivity index (χ3n) is 5.61. The second kappa shape index (κ2) is 9.64. The first-order valence-electron chi connectivity index (χ1n) is 10.3. The summed E-state index contributed by atoms with van der Waals surface area (Å²) in [5, 5.41) is 2.75. The van der Waals surface area contributed by atoms with Crippen molar-refractivity contribution in [2.75, 3.05) is 18.6 Å². The van der Waals surface area contributed by atoms with Gasteiger partial charge in [0.05, 0.1) is 13.0 Å². The standard InChI is InChI=1S/C24H28N2O5/c1-15-6-5-7-21(16(15)2)26-14-19(12-22(26)27)24(29)31-17(3)23(28)25-13-18-8-10-20(30-4)11-9-18/h5-11,17,19H,12-14H2,1-4H3,(H,25,28)/t17-,19+/m0/s1. The van der Waals surface area contributed by atoms with Crippen molar-refractivity contribution in [2.24, 2.45) is 5.92 Å². The minimum Gasteiger partial charge on any atom is -0.497 e. The van der Waals surface area contributed by atoms with Crippen LogP contribution in [-0.4, -0.2) is 37.5 Å². The van der Waals surface area contributed by atoms with Gasteiger partial charge in [-0.05, 0) is 55.7 Å². The molecule has 1 saturated heterocycles. The summed E-state index contributed by atoms with van der Waals surface area (Å²) in [6.07, 6.45) is -0.873. The van der Waals surface area contributed by atoms with Crippen LogP contribution in [0.1, 0.15) is 30.0 Å². The van der Waals surface area contributed by atoms with Crippen LogP contribution in [0.4, 0.5) is 5.69 Å². The number of hydrogen-bond acceptors (Lipinski definition) is 5. The maximum atomic E-state index is 12.6. The predicted molar refractivity (Wildman–Crippen MR) is 117 cm³/mol. The van der Waals surface area contributed by atoms with Crippen LogP contribution < -0.4 is 15.0 Å². The second-order valence-corrected chi connectivity index (χ2v) is 7.77. The van der Waals surface area contributed by atoms with Gasteiger partial charge in [-0.25, -0.2) is 0 Å². The van der Waals surface area contributed by atoms with Gasteiger partial charge in [-0.3, -0.25) is 14.4 Å². The van der Waals surface area contributed by atoms with E-state index < -0.39 is 18.0 Å². The number of hydrogen-bond donors (Lipinski definition) is 1. The van der Waals surface area contributed by atoms with Crippen LogP contribution in [0.5, 0.6) is 5.75 Å². The van der Waals surface area contributed by atoms with Crippen LogP contribution in [-0.2, 0) is 25.7 Å². The summed E-state index contributed by atoms with van der Waals surface area (Å²) in [4.78, 5) is 39.1. The van der Waals surface area contributed by atoms with Crippen LogP contribution >= 0.6 is 0 Å². The quantitative estimate of drug-likeness (QED) is 0.691. The van der Waals surface area contributed by atoms with E-state index in [4.69, 9.17) is 9.47 Å². The molecule has 0 bridgehead atoms. The molecule has 31 heavy (non-hydrogen) atoms. The van der Waals surface area contributed by atoms with Crippen LogP contribution in [0.25, 0.3) is 0 Å². The number of anilines is 1. The van der Waals surface area contributed by atoms with E-state index in [-0.39, 0.29) is 24.8 Å². The van der Waals surface area contributed by atoms with Gasteiger partial charge in [0.25, 0.3) is 5.91 Å². The van der Waals surface area contributed by atoms with Gasteiger partial charge in [-0.2, -0.15) is 0 Å². The Kier molecular flexibility index (Phi) is 6.95. The van der Waals surface area contributed by atoms with E-state index in [1.807, 2.05) is 56.3 Å². The molecule has 7 nitrogen and oxygen atoms in total. The molecule has 0 aliphatic carbocycles. The third-order valence-corrected chi connectivity index (χ3v) is 5.61. The Morgan fingerprint density at radius 1 is 1.16 bits per heavy atom. The fourth-order valence-electron chi connectivity index (χ4n) is 3.53. The zero-order valence-electron chi connectivity index (χ0n) is 18.3. The van der Waals surface area contributed by atoms with Crippen LogP contribution in [0.3, 0.4) is 0 Å². The summed E-state index contributed by atoms with van der Waals surface area (Å²) < 4.78 is 10.5. The van der Waals surface area contributed by atoms with Gasteiger partial charge < -0.3 is 19.7 Å². The Morgan fingerprint density at radius 3 is 2.55 bits per heavy atom. The van der Waals surface area contributed by atoms with E-state index in [9.17, 15) is 14.4 Å². The van der Waals surface area contributed by atoms with Crippen molar-refractivity contribution in [2.45, 2.75) is 39.8 Å². The number of nitrogens with zero attached hydrogens (tertiary/aromatic N) is 1. The van der Waals surface area contributed by atoms with Crippen molar-refractivity contribution in [3.8, 4) is 5.75 Å². The Hall–Kier alpha value is -3.35. The molecule has 2 amide bonds. The Bertz CT molecular complexity index is 970. The van der Waals surface area contributed by atoms with Crippen LogP contribution in [0.2, 0.25) is 0 Å². The largest absolute Gasteiger partial charge is 0.497 e. The molecular formula is C24H28N2O5. The van der Waals surface area contributed by atoms with Gasteiger partial charge in [-0.15, -0.1) is 0 Å². The zero-order valence-corrected chi connectivity index (χ0v) is 18.3. The Morgan fingerprint density at radius 2 is 1.87 bits per heavy atom. The number of esters is 1. The number of carbonyl (C=O) groups excluding carboxylic acids is 3. The molecule has 1 N–H and O–H groups in total. The number of methoxy groups -OCH3 is 1. The van der Waals surface area contributed by atoms with Crippen molar-refractivity contribution < 1.29 is 23.9 Å². The highest BCUT2D eigenvalue weighted by molar-refractivity contribution is 6.00. The summed E-state index contributed by atoms with van der Waals surface area (Å²) in [7, 11) is 1.59. The average molecular weight is 424 g/mol. The van der Waals surface area contributed by atoms with E-state index in [1.165, 1.54) is 6.92 Å². The smallest absolute Gasteiger partial charge is 0.312 e. The lowest BCUT2D eigenvalue weighted by atomic mass is 10.1. The molecule has 2 aromatic carbocycles. The molecular weight excluding hydrogens is 396 g/mol. The zero-order chi connectivity index (χ0) is 22.5. The second-order valence-electron chi connectivity index (χ2n) is 7.77. The molecule has 0 saturated carbocycles. The molecule has 3 rings (SSSR count). The molecule has 0 radical (unpaired) electrons. The van der Waals surface area contributed by atoms with Crippen molar-refractivity contribution in [3.63, 3.8) is 0 Å². The molecule has 1 aliphatic rings. The minimum absolute atomic E-state index is 0.0758. The fraction of sp³-hybridized carbons (Fsp3) is 0.375. The maximum absolute atomic E-state index is 12.6. The minimum atomic E-state index is -0.949. The van der Waals surface area contributed by atoms with Gasteiger partial charge >= 0.3 is 5.97 Å². The average Bonchev–Trinajstić information content (AvgIpc) is 3.15. The van der Waals surface area contributed by atoms with Crippen LogP contribution in [0.15, 0.2) is 42.5 Å². The van der Waals surface area contributed by atoms with Gasteiger partial charge in [0.1, 0.15) is 5.75 Å². The van der Waals surface area contributed by atoms with Gasteiger partial charge in [0.2, 0.25) is 5.91 Å². The van der Waals surface area contributed by atoms with E-state index in [0.717, 1.165) is 28.1 Å². The van der Waals surface area contributed by atoms with E-state index >= 15 is 0 Å². The number of ether oxygens (including phenoxy) is 2. The van der Waals surface area contributed by atoms with Crippen molar-refractivity contribution in [1.82, 2.24) is 5.32 Å². The Labute approximate surface area is 182 Å². The molecule has 2 atom stereocenters. The maximum Gasteiger partial charge on any atom is 0.312 e. The summed E-state index contributed by atoms with van der Waals surface area (Å²) >= 11 is 0. The lowest BCUT2D eigenvalue weighted by molar-refractivity contribution is -0.158. The summed E-state index contributed by atoms with van der Waals surface area (Å²) in [6.45, 7) is 6.03. The van der Waals surface area contributed by atoms with Gasteiger partial charge in [0.15, 0.2) is 6.10 Å². The SMILES string of the molecule is COc1ccc(CNC(=O)[C@H](C)OC(=O)[C@@H]2CC(=O)N(c3cccc(C)c3C)C2)cc1. The summed E-state index contributed by atoms with van der Waals surface area (Å²) in [5.74, 6) is -0.900. The first-order chi connectivity index (χ1) is 14.8. The topological polar surface area (TPSA) is 84.9 Å². The van der Waals surface area contributed by atoms with Crippen molar-refractivity contribution in [3.05, 3.63) is 59.2 Å². The number of aryl methyl sites for hydroxylation is 1. The molecule has 0 unspecified atom stereocenters. The summed E-state index contributed by atoms with van der Waals surface area (Å²) in [6, 6.07) is 13.1. The lowest BCUT2D eigenvalue weighted by Crippen LogP contribution is -2.37. The molecule has 2 aromatic rings. The first kappa shape index (κ1) is 22.3. The molecule has 1 aliphatic heterocycles. The first-order valence-corrected chi connectivity index (χ1v) is 10.3. The monoisotopic (exact) mass is 424 g/mol. The highest BCUT2D eigenvalue weighted by Gasteiger charge is 2.37. The van der Waals surface area contributed by atoms with Crippen molar-refractivity contribution in [1.29, 1.82) is 0 Å². The molecule has 0 spiro atoms. The van der Waals surface area contributed by atoms with E-state index in [1.54, 1.807) is 12.0 Å².